The monoisotopic (exact) mass is 209 g/mol. The molecule has 1 heterocycles. The highest BCUT2D eigenvalue weighted by Crippen LogP contribution is 2.21. The zero-order valence-electron chi connectivity index (χ0n) is 8.28. The van der Waals surface area contributed by atoms with Crippen molar-refractivity contribution in [3.05, 3.63) is 29.6 Å². The molecule has 0 bridgehead atoms. The van der Waals surface area contributed by atoms with Crippen LogP contribution in [-0.4, -0.2) is 32.6 Å². The van der Waals surface area contributed by atoms with Crippen molar-refractivity contribution in [3.8, 4) is 0 Å². The minimum Gasteiger partial charge on any atom is -0.378 e. The van der Waals surface area contributed by atoms with Crippen LogP contribution >= 0.6 is 0 Å². The Morgan fingerprint density at radius 2 is 2.07 bits per heavy atom. The number of carbonyl (C=O) groups is 1. The lowest BCUT2D eigenvalue weighted by Crippen LogP contribution is -2.36. The number of nitrogens with zero attached hydrogens (tertiary/aromatic N) is 1. The number of ether oxygens (including phenoxy) is 1. The van der Waals surface area contributed by atoms with Crippen LogP contribution in [0.5, 0.6) is 0 Å². The number of carbonyl (C=O) groups excluding carboxylic acids is 1. The minimum absolute atomic E-state index is 0.380. The van der Waals surface area contributed by atoms with Gasteiger partial charge in [-0.15, -0.1) is 0 Å². The van der Waals surface area contributed by atoms with E-state index in [4.69, 9.17) is 4.74 Å². The summed E-state index contributed by atoms with van der Waals surface area (Å²) in [6.07, 6.45) is 0.688. The molecule has 3 nitrogen and oxygen atoms in total. The SMILES string of the molecule is O=Cc1cc(F)ccc1N1CCOCC1. The summed E-state index contributed by atoms with van der Waals surface area (Å²) in [7, 11) is 0. The Hall–Kier alpha value is -1.42. The van der Waals surface area contributed by atoms with E-state index in [2.05, 4.69) is 0 Å². The van der Waals surface area contributed by atoms with E-state index in [0.29, 0.717) is 25.1 Å². The van der Waals surface area contributed by atoms with Crippen LogP contribution in [0.4, 0.5) is 10.1 Å². The van der Waals surface area contributed by atoms with Gasteiger partial charge in [-0.3, -0.25) is 4.79 Å². The molecular weight excluding hydrogens is 197 g/mol. The lowest BCUT2D eigenvalue weighted by molar-refractivity contribution is 0.111. The summed E-state index contributed by atoms with van der Waals surface area (Å²) >= 11 is 0. The van der Waals surface area contributed by atoms with Crippen LogP contribution < -0.4 is 4.90 Å². The summed E-state index contributed by atoms with van der Waals surface area (Å²) in [5.74, 6) is -0.380. The fourth-order valence-electron chi connectivity index (χ4n) is 1.71. The zero-order chi connectivity index (χ0) is 10.7. The van der Waals surface area contributed by atoms with Gasteiger partial charge in [0, 0.05) is 24.3 Å². The van der Waals surface area contributed by atoms with Crippen molar-refractivity contribution >= 4 is 12.0 Å². The second-order valence-electron chi connectivity index (χ2n) is 3.42. The molecule has 1 fully saturated rings. The third kappa shape index (κ3) is 2.15. The lowest BCUT2D eigenvalue weighted by Gasteiger charge is -2.29. The molecule has 0 amide bonds. The summed E-state index contributed by atoms with van der Waals surface area (Å²) in [5.41, 5.74) is 1.19. The Labute approximate surface area is 87.5 Å². The molecule has 0 atom stereocenters. The number of morpholine rings is 1. The molecule has 1 aromatic rings. The molecule has 1 aliphatic heterocycles. The van der Waals surface area contributed by atoms with Crippen molar-refractivity contribution in [2.24, 2.45) is 0 Å². The summed E-state index contributed by atoms with van der Waals surface area (Å²) in [6.45, 7) is 2.78. The molecule has 15 heavy (non-hydrogen) atoms. The predicted molar refractivity (Wildman–Crippen MR) is 54.8 cm³/mol. The van der Waals surface area contributed by atoms with E-state index in [1.165, 1.54) is 12.1 Å². The molecule has 4 heteroatoms. The van der Waals surface area contributed by atoms with Gasteiger partial charge in [0.25, 0.3) is 0 Å². The highest BCUT2D eigenvalue weighted by molar-refractivity contribution is 5.84. The number of halogens is 1. The van der Waals surface area contributed by atoms with E-state index in [1.54, 1.807) is 6.07 Å². The van der Waals surface area contributed by atoms with E-state index in [9.17, 15) is 9.18 Å². The van der Waals surface area contributed by atoms with E-state index >= 15 is 0 Å². The Bertz CT molecular complexity index is 362. The molecule has 0 unspecified atom stereocenters. The van der Waals surface area contributed by atoms with Gasteiger partial charge in [0.05, 0.1) is 13.2 Å². The Morgan fingerprint density at radius 1 is 1.33 bits per heavy atom. The number of hydrogen-bond donors (Lipinski definition) is 0. The van der Waals surface area contributed by atoms with Gasteiger partial charge in [-0.05, 0) is 18.2 Å². The van der Waals surface area contributed by atoms with Crippen molar-refractivity contribution in [3.63, 3.8) is 0 Å². The van der Waals surface area contributed by atoms with Gasteiger partial charge in [-0.2, -0.15) is 0 Å². The quantitative estimate of drug-likeness (QED) is 0.691. The molecule has 0 spiro atoms. The first-order valence-electron chi connectivity index (χ1n) is 4.88. The third-order valence-electron chi connectivity index (χ3n) is 2.47. The van der Waals surface area contributed by atoms with Gasteiger partial charge in [-0.1, -0.05) is 0 Å². The standard InChI is InChI=1S/C11H12FNO2/c12-10-1-2-11(9(7-10)8-14)13-3-5-15-6-4-13/h1-2,7-8H,3-6H2. The van der Waals surface area contributed by atoms with E-state index in [-0.39, 0.29) is 5.82 Å². The van der Waals surface area contributed by atoms with Gasteiger partial charge >= 0.3 is 0 Å². The van der Waals surface area contributed by atoms with Gasteiger partial charge in [0.2, 0.25) is 0 Å². The van der Waals surface area contributed by atoms with Gasteiger partial charge < -0.3 is 9.64 Å². The van der Waals surface area contributed by atoms with Crippen molar-refractivity contribution in [2.75, 3.05) is 31.2 Å². The van der Waals surface area contributed by atoms with E-state index < -0.39 is 0 Å². The van der Waals surface area contributed by atoms with Crippen molar-refractivity contribution in [2.45, 2.75) is 0 Å². The zero-order valence-corrected chi connectivity index (χ0v) is 8.28. The summed E-state index contributed by atoms with van der Waals surface area (Å²) < 4.78 is 18.1. The Kier molecular flexibility index (Phi) is 2.97. The topological polar surface area (TPSA) is 29.5 Å². The van der Waals surface area contributed by atoms with Crippen LogP contribution in [0.2, 0.25) is 0 Å². The van der Waals surface area contributed by atoms with E-state index in [1.807, 2.05) is 4.90 Å². The van der Waals surface area contributed by atoms with Crippen LogP contribution in [-0.2, 0) is 4.74 Å². The van der Waals surface area contributed by atoms with Gasteiger partial charge in [0.15, 0.2) is 6.29 Å². The summed E-state index contributed by atoms with van der Waals surface area (Å²) in [4.78, 5) is 12.8. The number of anilines is 1. The van der Waals surface area contributed by atoms with E-state index in [0.717, 1.165) is 18.8 Å². The predicted octanol–water partition coefficient (Wildman–Crippen LogP) is 1.47. The maximum atomic E-state index is 12.9. The second kappa shape index (κ2) is 4.40. The molecular formula is C11H12FNO2. The normalized spacial score (nSPS) is 16.5. The highest BCUT2D eigenvalue weighted by Gasteiger charge is 2.14. The Balaban J connectivity index is 2.29. The maximum absolute atomic E-state index is 12.9. The molecule has 0 radical (unpaired) electrons. The number of hydrogen-bond acceptors (Lipinski definition) is 3. The molecule has 0 aromatic heterocycles. The molecule has 0 N–H and O–H groups in total. The molecule has 0 saturated carbocycles. The third-order valence-corrected chi connectivity index (χ3v) is 2.47. The maximum Gasteiger partial charge on any atom is 0.152 e. The molecule has 2 rings (SSSR count). The number of benzene rings is 1. The molecule has 1 aromatic carbocycles. The van der Waals surface area contributed by atoms with Crippen LogP contribution in [0.25, 0.3) is 0 Å². The van der Waals surface area contributed by atoms with Crippen LogP contribution in [0.3, 0.4) is 0 Å². The fraction of sp³-hybridized carbons (Fsp3) is 0.364. The van der Waals surface area contributed by atoms with Crippen molar-refractivity contribution in [1.29, 1.82) is 0 Å². The van der Waals surface area contributed by atoms with Crippen molar-refractivity contribution in [1.82, 2.24) is 0 Å². The average Bonchev–Trinajstić information content (AvgIpc) is 2.30. The first-order chi connectivity index (χ1) is 7.31. The lowest BCUT2D eigenvalue weighted by atomic mass is 10.1. The average molecular weight is 209 g/mol. The summed E-state index contributed by atoms with van der Waals surface area (Å²) in [5, 5.41) is 0. The first-order valence-corrected chi connectivity index (χ1v) is 4.88. The number of rotatable bonds is 2. The smallest absolute Gasteiger partial charge is 0.152 e. The van der Waals surface area contributed by atoms with Gasteiger partial charge in [0.1, 0.15) is 5.82 Å². The second-order valence-corrected chi connectivity index (χ2v) is 3.42. The first kappa shape index (κ1) is 10.1. The minimum atomic E-state index is -0.380. The molecule has 1 saturated heterocycles. The largest absolute Gasteiger partial charge is 0.378 e. The van der Waals surface area contributed by atoms with Gasteiger partial charge in [-0.25, -0.2) is 4.39 Å². The molecule has 0 aliphatic carbocycles. The summed E-state index contributed by atoms with van der Waals surface area (Å²) in [6, 6.07) is 4.28. The number of aldehydes is 1. The highest BCUT2D eigenvalue weighted by atomic mass is 19.1. The molecule has 1 aliphatic rings. The van der Waals surface area contributed by atoms with Crippen LogP contribution in [0.1, 0.15) is 10.4 Å². The fourth-order valence-corrected chi connectivity index (χ4v) is 1.71. The Morgan fingerprint density at radius 3 is 2.73 bits per heavy atom. The molecule has 80 valence electrons. The van der Waals surface area contributed by atoms with Crippen LogP contribution in [0, 0.1) is 5.82 Å². The van der Waals surface area contributed by atoms with Crippen LogP contribution in [0.15, 0.2) is 18.2 Å². The van der Waals surface area contributed by atoms with Crippen molar-refractivity contribution < 1.29 is 13.9 Å².